The van der Waals surface area contributed by atoms with Crippen molar-refractivity contribution in [3.05, 3.63) is 0 Å². The maximum absolute atomic E-state index is 11.4. The molecule has 0 radical (unpaired) electrons. The van der Waals surface area contributed by atoms with Gasteiger partial charge < -0.3 is 64.2 Å². The van der Waals surface area contributed by atoms with Crippen molar-refractivity contribution in [2.24, 2.45) is 0 Å². The summed E-state index contributed by atoms with van der Waals surface area (Å²) < 4.78 is 105. The zero-order chi connectivity index (χ0) is 33.1. The van der Waals surface area contributed by atoms with Crippen LogP contribution >= 0.6 is 0 Å². The van der Waals surface area contributed by atoms with E-state index in [1.54, 1.807) is 6.92 Å². The SMILES string of the molecule is CCCO[C@@H]1O[C@H](CO)[C@@H](O[C@@H]2O[C@@H](C)[C@@H](O)[C@@H](O)[C@@H]2O)[C@H](O[C@@H]2O[C@H](COS(=O)(=O)O)[C@H](O)[C@H](OS(=O)(=O)O)[C@@H]2O)[C@H]1O. The minimum absolute atomic E-state index is 0.0260. The van der Waals surface area contributed by atoms with E-state index in [0.29, 0.717) is 6.42 Å². The Hall–Kier alpha value is -0.780. The van der Waals surface area contributed by atoms with Gasteiger partial charge in [-0.3, -0.25) is 9.11 Å². The van der Waals surface area contributed by atoms with E-state index >= 15 is 0 Å². The molecule has 23 heteroatoms. The van der Waals surface area contributed by atoms with Gasteiger partial charge in [-0.2, -0.15) is 16.8 Å². The molecular weight excluding hydrogens is 652 g/mol. The van der Waals surface area contributed by atoms with Crippen molar-refractivity contribution >= 4 is 20.8 Å². The zero-order valence-electron chi connectivity index (χ0n) is 23.2. The van der Waals surface area contributed by atoms with Crippen LogP contribution in [0.1, 0.15) is 20.3 Å². The molecule has 0 aromatic rings. The summed E-state index contributed by atoms with van der Waals surface area (Å²) in [6.45, 7) is 1.05. The Morgan fingerprint density at radius 2 is 1.23 bits per heavy atom. The van der Waals surface area contributed by atoms with Gasteiger partial charge in [0.15, 0.2) is 18.9 Å². The van der Waals surface area contributed by atoms with Gasteiger partial charge >= 0.3 is 20.8 Å². The fourth-order valence-corrected chi connectivity index (χ4v) is 5.54. The quantitative estimate of drug-likeness (QED) is 0.0814. The molecular formula is C21H38O21S2. The molecule has 0 saturated carbocycles. The van der Waals surface area contributed by atoms with Crippen molar-refractivity contribution in [2.75, 3.05) is 19.8 Å². The van der Waals surface area contributed by atoms with Gasteiger partial charge in [0, 0.05) is 6.61 Å². The van der Waals surface area contributed by atoms with Gasteiger partial charge in [0.25, 0.3) is 0 Å². The van der Waals surface area contributed by atoms with Crippen molar-refractivity contribution in [2.45, 2.75) is 112 Å². The molecule has 0 spiro atoms. The molecule has 0 aromatic carbocycles. The molecule has 3 saturated heterocycles. The molecule has 44 heavy (non-hydrogen) atoms. The predicted octanol–water partition coefficient (Wildman–Crippen LogP) is -5.46. The molecule has 0 unspecified atom stereocenters. The average Bonchev–Trinajstić information content (AvgIpc) is 2.93. The fourth-order valence-electron chi connectivity index (χ4n) is 4.73. The molecule has 3 heterocycles. The van der Waals surface area contributed by atoms with E-state index in [2.05, 4.69) is 8.37 Å². The number of ether oxygens (including phenoxy) is 6. The fraction of sp³-hybridized carbons (Fsp3) is 1.00. The van der Waals surface area contributed by atoms with Crippen LogP contribution in [0, 0.1) is 0 Å². The molecule has 3 aliphatic heterocycles. The topological polar surface area (TPSA) is 324 Å². The van der Waals surface area contributed by atoms with E-state index in [9.17, 15) is 57.1 Å². The number of hydrogen-bond donors (Lipinski definition) is 9. The molecule has 0 aromatic heterocycles. The first-order valence-electron chi connectivity index (χ1n) is 13.2. The van der Waals surface area contributed by atoms with Gasteiger partial charge in [0.05, 0.1) is 19.3 Å². The molecule has 15 atom stereocenters. The summed E-state index contributed by atoms with van der Waals surface area (Å²) in [5.74, 6) is 0. The van der Waals surface area contributed by atoms with Gasteiger partial charge in [0.1, 0.15) is 67.1 Å². The predicted molar refractivity (Wildman–Crippen MR) is 135 cm³/mol. The van der Waals surface area contributed by atoms with Crippen LogP contribution in [-0.4, -0.2) is 174 Å². The highest BCUT2D eigenvalue weighted by molar-refractivity contribution is 7.81. The second kappa shape index (κ2) is 15.4. The highest BCUT2D eigenvalue weighted by Gasteiger charge is 2.55. The molecule has 0 amide bonds. The number of aliphatic hydroxyl groups is 7. The minimum atomic E-state index is -5.38. The zero-order valence-corrected chi connectivity index (χ0v) is 24.9. The Morgan fingerprint density at radius 3 is 1.80 bits per heavy atom. The summed E-state index contributed by atoms with van der Waals surface area (Å²) in [6.07, 6.45) is -26.9. The molecule has 260 valence electrons. The first-order valence-corrected chi connectivity index (χ1v) is 16.0. The second-order valence-corrected chi connectivity index (χ2v) is 12.3. The van der Waals surface area contributed by atoms with E-state index in [0.717, 1.165) is 0 Å². The lowest BCUT2D eigenvalue weighted by Crippen LogP contribution is -2.67. The van der Waals surface area contributed by atoms with Gasteiger partial charge in [-0.1, -0.05) is 6.92 Å². The summed E-state index contributed by atoms with van der Waals surface area (Å²) >= 11 is 0. The summed E-state index contributed by atoms with van der Waals surface area (Å²) in [5.41, 5.74) is 0. The first-order chi connectivity index (χ1) is 20.4. The van der Waals surface area contributed by atoms with Gasteiger partial charge in [-0.25, -0.2) is 8.37 Å². The lowest BCUT2D eigenvalue weighted by Gasteiger charge is -2.49. The molecule has 0 aliphatic carbocycles. The van der Waals surface area contributed by atoms with Crippen molar-refractivity contribution in [3.63, 3.8) is 0 Å². The van der Waals surface area contributed by atoms with Crippen LogP contribution in [0.2, 0.25) is 0 Å². The first kappa shape index (κ1) is 37.7. The molecule has 3 fully saturated rings. The number of rotatable bonds is 13. The van der Waals surface area contributed by atoms with E-state index in [-0.39, 0.29) is 6.61 Å². The molecule has 9 N–H and O–H groups in total. The van der Waals surface area contributed by atoms with Crippen molar-refractivity contribution in [1.82, 2.24) is 0 Å². The van der Waals surface area contributed by atoms with Crippen molar-refractivity contribution in [3.8, 4) is 0 Å². The van der Waals surface area contributed by atoms with E-state index in [1.165, 1.54) is 6.92 Å². The monoisotopic (exact) mass is 690 g/mol. The highest BCUT2D eigenvalue weighted by atomic mass is 32.3. The summed E-state index contributed by atoms with van der Waals surface area (Å²) in [5, 5.41) is 73.2. The third kappa shape index (κ3) is 9.40. The number of hydrogen-bond acceptors (Lipinski definition) is 19. The molecule has 3 rings (SSSR count). The van der Waals surface area contributed by atoms with Gasteiger partial charge in [-0.05, 0) is 13.3 Å². The lowest BCUT2D eigenvalue weighted by atomic mass is 9.96. The lowest BCUT2D eigenvalue weighted by molar-refractivity contribution is -0.385. The maximum Gasteiger partial charge on any atom is 0.397 e. The average molecular weight is 691 g/mol. The molecule has 21 nitrogen and oxygen atoms in total. The van der Waals surface area contributed by atoms with Gasteiger partial charge in [0.2, 0.25) is 0 Å². The van der Waals surface area contributed by atoms with E-state index in [4.69, 9.17) is 33.0 Å². The normalized spacial score (nSPS) is 44.0. The molecule has 3 aliphatic rings. The van der Waals surface area contributed by atoms with E-state index in [1.807, 2.05) is 0 Å². The third-order valence-corrected chi connectivity index (χ3v) is 7.83. The summed E-state index contributed by atoms with van der Waals surface area (Å²) in [6, 6.07) is 0. The third-order valence-electron chi connectivity index (χ3n) is 6.93. The van der Waals surface area contributed by atoms with Crippen molar-refractivity contribution < 1.29 is 98.5 Å². The van der Waals surface area contributed by atoms with Crippen LogP contribution in [0.15, 0.2) is 0 Å². The maximum atomic E-state index is 11.4. The Bertz CT molecular complexity index is 1120. The summed E-state index contributed by atoms with van der Waals surface area (Å²) in [4.78, 5) is 0. The summed E-state index contributed by atoms with van der Waals surface area (Å²) in [7, 11) is -10.5. The van der Waals surface area contributed by atoms with Crippen LogP contribution in [-0.2, 0) is 57.6 Å². The van der Waals surface area contributed by atoms with Gasteiger partial charge in [-0.15, -0.1) is 0 Å². The Labute approximate surface area is 251 Å². The number of aliphatic hydroxyl groups excluding tert-OH is 7. The minimum Gasteiger partial charge on any atom is -0.394 e. The second-order valence-electron chi connectivity index (χ2n) is 10.2. The van der Waals surface area contributed by atoms with Crippen LogP contribution in [0.4, 0.5) is 0 Å². The Balaban J connectivity index is 1.96. The molecule has 0 bridgehead atoms. The highest BCUT2D eigenvalue weighted by Crippen LogP contribution is 2.34. The van der Waals surface area contributed by atoms with Crippen molar-refractivity contribution in [1.29, 1.82) is 0 Å². The standard InChI is InChI=1S/C21H38O21S2/c1-3-4-35-19-15(28)18(16(8(5-22)38-19)40-20-13(26)12(25)10(23)7(2)37-20)41-21-14(27)17(42-44(32,33)34)11(24)9(39-21)6-36-43(29,30)31/h7-28H,3-6H2,1-2H3,(H,29,30,31)(H,32,33,34)/t7-,8+,9+,10+,11-,12+,13-,14-,15+,16+,17-,18+,19+,20-,21-/m0/s1. The van der Waals surface area contributed by atoms with Crippen LogP contribution in [0.25, 0.3) is 0 Å². The Morgan fingerprint density at radius 1 is 0.659 bits per heavy atom. The van der Waals surface area contributed by atoms with Crippen LogP contribution < -0.4 is 0 Å². The smallest absolute Gasteiger partial charge is 0.394 e. The van der Waals surface area contributed by atoms with Crippen LogP contribution in [0.5, 0.6) is 0 Å². The largest absolute Gasteiger partial charge is 0.397 e. The Kier molecular flexibility index (Phi) is 13.2. The van der Waals surface area contributed by atoms with E-state index < -0.39 is 126 Å². The van der Waals surface area contributed by atoms with Crippen LogP contribution in [0.3, 0.4) is 0 Å².